The van der Waals surface area contributed by atoms with E-state index >= 15 is 0 Å². The third-order valence-corrected chi connectivity index (χ3v) is 6.40. The van der Waals surface area contributed by atoms with E-state index in [0.29, 0.717) is 16.9 Å². The summed E-state index contributed by atoms with van der Waals surface area (Å²) in [5.41, 5.74) is -0.366. The SMILES string of the molecule is CC(C)(O)CC(=O)N1CN(C(=O)CO)c2ccc(Cn3ccc(OCc4ccc(F)cc4F)c(Cl)c3=O)cc21. The molecule has 1 aliphatic heterocycles. The first kappa shape index (κ1) is 28.2. The van der Waals surface area contributed by atoms with Crippen LogP contribution in [-0.4, -0.2) is 45.5 Å². The van der Waals surface area contributed by atoms with E-state index in [-0.39, 0.29) is 42.6 Å². The lowest BCUT2D eigenvalue weighted by Crippen LogP contribution is -2.41. The van der Waals surface area contributed by atoms with Crippen LogP contribution in [0.2, 0.25) is 5.02 Å². The van der Waals surface area contributed by atoms with Crippen LogP contribution in [0, 0.1) is 11.6 Å². The molecule has 0 radical (unpaired) electrons. The summed E-state index contributed by atoms with van der Waals surface area (Å²) in [5.74, 6) is -2.50. The molecule has 2 amide bonds. The van der Waals surface area contributed by atoms with Crippen LogP contribution in [0.4, 0.5) is 20.2 Å². The molecular formula is C27H26ClF2N3O6. The minimum absolute atomic E-state index is 0.0251. The van der Waals surface area contributed by atoms with E-state index in [2.05, 4.69) is 0 Å². The van der Waals surface area contributed by atoms with E-state index in [1.165, 1.54) is 46.5 Å². The van der Waals surface area contributed by atoms with Crippen LogP contribution in [0.25, 0.3) is 0 Å². The van der Waals surface area contributed by atoms with Crippen molar-refractivity contribution in [2.75, 3.05) is 23.1 Å². The number of halogens is 3. The van der Waals surface area contributed by atoms with Gasteiger partial charge in [-0.15, -0.1) is 0 Å². The molecule has 206 valence electrons. The van der Waals surface area contributed by atoms with Gasteiger partial charge in [0.15, 0.2) is 0 Å². The average Bonchev–Trinajstić information content (AvgIpc) is 3.25. The number of fused-ring (bicyclic) bond motifs is 1. The van der Waals surface area contributed by atoms with E-state index in [4.69, 9.17) is 16.3 Å². The van der Waals surface area contributed by atoms with Crippen molar-refractivity contribution in [3.05, 3.63) is 86.8 Å². The molecule has 0 unspecified atom stereocenters. The zero-order valence-electron chi connectivity index (χ0n) is 21.2. The highest BCUT2D eigenvalue weighted by Crippen LogP contribution is 2.38. The Balaban J connectivity index is 1.57. The van der Waals surface area contributed by atoms with Gasteiger partial charge in [-0.1, -0.05) is 17.7 Å². The number of hydrogen-bond acceptors (Lipinski definition) is 6. The average molecular weight is 562 g/mol. The highest BCUT2D eigenvalue weighted by molar-refractivity contribution is 6.31. The van der Waals surface area contributed by atoms with Gasteiger partial charge < -0.3 is 19.5 Å². The summed E-state index contributed by atoms with van der Waals surface area (Å²) < 4.78 is 33.8. The van der Waals surface area contributed by atoms with Gasteiger partial charge in [0.05, 0.1) is 29.9 Å². The molecule has 2 aromatic carbocycles. The molecule has 0 atom stereocenters. The Bertz CT molecular complexity index is 1490. The van der Waals surface area contributed by atoms with Crippen LogP contribution in [0.3, 0.4) is 0 Å². The van der Waals surface area contributed by atoms with Crippen molar-refractivity contribution in [1.82, 2.24) is 4.57 Å². The van der Waals surface area contributed by atoms with Gasteiger partial charge in [-0.05, 0) is 49.7 Å². The number of rotatable bonds is 8. The molecule has 0 aliphatic carbocycles. The van der Waals surface area contributed by atoms with Gasteiger partial charge in [-0.25, -0.2) is 8.78 Å². The summed E-state index contributed by atoms with van der Waals surface area (Å²) in [4.78, 5) is 40.7. The molecule has 2 N–H and O–H groups in total. The maximum Gasteiger partial charge on any atom is 0.273 e. The predicted molar refractivity (Wildman–Crippen MR) is 140 cm³/mol. The van der Waals surface area contributed by atoms with Crippen molar-refractivity contribution < 1.29 is 33.3 Å². The summed E-state index contributed by atoms with van der Waals surface area (Å²) in [6, 6.07) is 9.42. The van der Waals surface area contributed by atoms with E-state index in [1.807, 2.05) is 0 Å². The standard InChI is InChI=1S/C27H26ClF2N3O6/c1-27(2,38)11-23(35)33-15-32(24(36)13-34)20-6-3-16(9-21(20)33)12-31-8-7-22(25(28)26(31)37)39-14-17-4-5-18(29)10-19(17)30/h3-10,34,38H,11-15H2,1-2H3. The molecule has 1 aromatic heterocycles. The van der Waals surface area contributed by atoms with E-state index < -0.39 is 41.2 Å². The number of anilines is 2. The molecule has 0 fully saturated rings. The summed E-state index contributed by atoms with van der Waals surface area (Å²) in [6.45, 7) is 1.91. The van der Waals surface area contributed by atoms with Crippen LogP contribution in [0.15, 0.2) is 53.5 Å². The molecule has 39 heavy (non-hydrogen) atoms. The second-order valence-electron chi connectivity index (χ2n) is 9.71. The lowest BCUT2D eigenvalue weighted by molar-refractivity contribution is -0.122. The minimum Gasteiger partial charge on any atom is -0.487 e. The minimum atomic E-state index is -1.28. The molecule has 1 aliphatic rings. The van der Waals surface area contributed by atoms with Gasteiger partial charge in [0.2, 0.25) is 5.91 Å². The third kappa shape index (κ3) is 6.27. The summed E-state index contributed by atoms with van der Waals surface area (Å²) in [7, 11) is 0. The molecule has 12 heteroatoms. The maximum atomic E-state index is 13.9. The highest BCUT2D eigenvalue weighted by Gasteiger charge is 2.35. The van der Waals surface area contributed by atoms with Crippen LogP contribution in [0.5, 0.6) is 5.75 Å². The first-order valence-corrected chi connectivity index (χ1v) is 12.3. The van der Waals surface area contributed by atoms with Crippen molar-refractivity contribution in [2.24, 2.45) is 0 Å². The van der Waals surface area contributed by atoms with Gasteiger partial charge in [0, 0.05) is 17.8 Å². The van der Waals surface area contributed by atoms with Gasteiger partial charge >= 0.3 is 0 Å². The van der Waals surface area contributed by atoms with Crippen molar-refractivity contribution in [2.45, 2.75) is 39.0 Å². The molecular weight excluding hydrogens is 536 g/mol. The van der Waals surface area contributed by atoms with Crippen molar-refractivity contribution in [3.63, 3.8) is 0 Å². The predicted octanol–water partition coefficient (Wildman–Crippen LogP) is 3.20. The normalized spacial score (nSPS) is 13.0. The Hall–Kier alpha value is -3.80. The number of aliphatic hydroxyl groups is 2. The lowest BCUT2D eigenvalue weighted by Gasteiger charge is -2.23. The monoisotopic (exact) mass is 561 g/mol. The molecule has 9 nitrogen and oxygen atoms in total. The van der Waals surface area contributed by atoms with Crippen molar-refractivity contribution in [3.8, 4) is 5.75 Å². The summed E-state index contributed by atoms with van der Waals surface area (Å²) in [5, 5.41) is 19.2. The molecule has 0 saturated heterocycles. The Kier molecular flexibility index (Phi) is 8.05. The number of amides is 2. The van der Waals surface area contributed by atoms with Crippen LogP contribution < -0.4 is 20.1 Å². The smallest absolute Gasteiger partial charge is 0.273 e. The second kappa shape index (κ2) is 11.1. The lowest BCUT2D eigenvalue weighted by atomic mass is 10.0. The summed E-state index contributed by atoms with van der Waals surface area (Å²) in [6.07, 6.45) is 1.24. The number of benzene rings is 2. The number of pyridine rings is 1. The van der Waals surface area contributed by atoms with E-state index in [9.17, 15) is 33.4 Å². The molecule has 4 rings (SSSR count). The Morgan fingerprint density at radius 1 is 1.05 bits per heavy atom. The molecule has 0 bridgehead atoms. The molecule has 0 spiro atoms. The maximum absolute atomic E-state index is 13.9. The number of ether oxygens (including phenoxy) is 1. The highest BCUT2D eigenvalue weighted by atomic mass is 35.5. The largest absolute Gasteiger partial charge is 0.487 e. The Morgan fingerprint density at radius 3 is 2.44 bits per heavy atom. The molecule has 3 aromatic rings. The fourth-order valence-electron chi connectivity index (χ4n) is 4.14. The number of carbonyl (C=O) groups excluding carboxylic acids is 2. The van der Waals surface area contributed by atoms with Gasteiger partial charge in [0.25, 0.3) is 11.5 Å². The summed E-state index contributed by atoms with van der Waals surface area (Å²) >= 11 is 6.23. The first-order chi connectivity index (χ1) is 18.4. The zero-order chi connectivity index (χ0) is 28.5. The van der Waals surface area contributed by atoms with E-state index in [1.54, 1.807) is 18.2 Å². The van der Waals surface area contributed by atoms with Crippen LogP contribution >= 0.6 is 11.6 Å². The second-order valence-corrected chi connectivity index (χ2v) is 10.1. The topological polar surface area (TPSA) is 112 Å². The fourth-order valence-corrected chi connectivity index (χ4v) is 4.37. The van der Waals surface area contributed by atoms with Gasteiger partial charge in [-0.2, -0.15) is 0 Å². The number of hydrogen-bond donors (Lipinski definition) is 2. The molecule has 0 saturated carbocycles. The zero-order valence-corrected chi connectivity index (χ0v) is 21.9. The van der Waals surface area contributed by atoms with Gasteiger partial charge in [0.1, 0.15) is 42.3 Å². The van der Waals surface area contributed by atoms with Crippen LogP contribution in [-0.2, 0) is 22.7 Å². The Labute approximate surface area is 227 Å². The number of nitrogens with zero attached hydrogens (tertiary/aromatic N) is 3. The van der Waals surface area contributed by atoms with E-state index in [0.717, 1.165) is 12.1 Å². The Morgan fingerprint density at radius 2 is 1.77 bits per heavy atom. The fraction of sp³-hybridized carbons (Fsp3) is 0.296. The number of carbonyl (C=O) groups is 2. The first-order valence-electron chi connectivity index (χ1n) is 11.9. The number of aliphatic hydroxyl groups excluding tert-OH is 1. The number of aromatic nitrogens is 1. The van der Waals surface area contributed by atoms with Crippen molar-refractivity contribution >= 4 is 34.8 Å². The van der Waals surface area contributed by atoms with Crippen LogP contribution in [0.1, 0.15) is 31.4 Å². The quantitative estimate of drug-likeness (QED) is 0.437. The molecule has 2 heterocycles. The van der Waals surface area contributed by atoms with Crippen molar-refractivity contribution in [1.29, 1.82) is 0 Å². The van der Waals surface area contributed by atoms with Gasteiger partial charge in [-0.3, -0.25) is 24.2 Å². The third-order valence-electron chi connectivity index (χ3n) is 6.05.